The van der Waals surface area contributed by atoms with E-state index in [9.17, 15) is 28.0 Å². The van der Waals surface area contributed by atoms with Crippen LogP contribution in [0.4, 0.5) is 18.0 Å². The van der Waals surface area contributed by atoms with E-state index in [0.29, 0.717) is 47.9 Å². The lowest BCUT2D eigenvalue weighted by Gasteiger charge is -2.32. The number of alkyl carbamates (subject to hydrolysis) is 1. The number of rotatable bonds is 6. The van der Waals surface area contributed by atoms with Gasteiger partial charge in [0.1, 0.15) is 11.3 Å². The monoisotopic (exact) mass is 554 g/mol. The molecule has 2 aromatic carbocycles. The summed E-state index contributed by atoms with van der Waals surface area (Å²) in [5.74, 6) is 0.196. The van der Waals surface area contributed by atoms with Crippen LogP contribution in [0.3, 0.4) is 0 Å². The first kappa shape index (κ1) is 29.0. The van der Waals surface area contributed by atoms with Crippen molar-refractivity contribution in [2.75, 3.05) is 19.6 Å². The number of piperidine rings is 1. The molecule has 2 heterocycles. The fourth-order valence-electron chi connectivity index (χ4n) is 4.93. The molecule has 212 valence electrons. The van der Waals surface area contributed by atoms with E-state index in [4.69, 9.17) is 4.74 Å². The van der Waals surface area contributed by atoms with Crippen LogP contribution in [-0.2, 0) is 17.5 Å². The highest BCUT2D eigenvalue weighted by Crippen LogP contribution is 2.30. The third kappa shape index (κ3) is 7.14. The SMILES string of the molecule is CC(C)(C)OC(=O)NCCC1CCN(C(=O)c2cc3ccc(C#N)cc3n2Cc2ccc(C(F)(F)F)cc2)CC1. The van der Waals surface area contributed by atoms with Crippen LogP contribution in [0.2, 0.25) is 0 Å². The Morgan fingerprint density at radius 2 is 1.73 bits per heavy atom. The minimum absolute atomic E-state index is 0.160. The predicted octanol–water partition coefficient (Wildman–Crippen LogP) is 6.35. The van der Waals surface area contributed by atoms with Gasteiger partial charge in [-0.15, -0.1) is 0 Å². The summed E-state index contributed by atoms with van der Waals surface area (Å²) in [6, 6.07) is 13.9. The van der Waals surface area contributed by atoms with E-state index in [-0.39, 0.29) is 12.5 Å². The maximum Gasteiger partial charge on any atom is 0.416 e. The van der Waals surface area contributed by atoms with Crippen molar-refractivity contribution in [1.29, 1.82) is 5.26 Å². The van der Waals surface area contributed by atoms with Crippen molar-refractivity contribution < 1.29 is 27.5 Å². The number of hydrogen-bond acceptors (Lipinski definition) is 4. The molecular formula is C30H33F3N4O3. The molecular weight excluding hydrogens is 521 g/mol. The average molecular weight is 555 g/mol. The zero-order chi connectivity index (χ0) is 29.1. The van der Waals surface area contributed by atoms with Gasteiger partial charge < -0.3 is 19.5 Å². The Morgan fingerprint density at radius 3 is 2.33 bits per heavy atom. The number of ether oxygens (including phenoxy) is 1. The Hall–Kier alpha value is -4.00. The zero-order valence-electron chi connectivity index (χ0n) is 22.8. The van der Waals surface area contributed by atoms with E-state index in [1.165, 1.54) is 12.1 Å². The number of nitriles is 1. The fraction of sp³-hybridized carbons (Fsp3) is 0.433. The number of amides is 2. The van der Waals surface area contributed by atoms with E-state index >= 15 is 0 Å². The lowest BCUT2D eigenvalue weighted by Crippen LogP contribution is -2.40. The van der Waals surface area contributed by atoms with Gasteiger partial charge >= 0.3 is 12.3 Å². The summed E-state index contributed by atoms with van der Waals surface area (Å²) in [7, 11) is 0. The van der Waals surface area contributed by atoms with Crippen molar-refractivity contribution >= 4 is 22.9 Å². The summed E-state index contributed by atoms with van der Waals surface area (Å²) in [6.45, 7) is 7.23. The highest BCUT2D eigenvalue weighted by atomic mass is 19.4. The molecule has 1 fully saturated rings. The molecule has 1 aliphatic rings. The van der Waals surface area contributed by atoms with Crippen LogP contribution in [-0.4, -0.2) is 46.7 Å². The van der Waals surface area contributed by atoms with Gasteiger partial charge in [-0.25, -0.2) is 4.79 Å². The summed E-state index contributed by atoms with van der Waals surface area (Å²) >= 11 is 0. The first-order valence-corrected chi connectivity index (χ1v) is 13.3. The molecule has 0 radical (unpaired) electrons. The zero-order valence-corrected chi connectivity index (χ0v) is 22.8. The third-order valence-electron chi connectivity index (χ3n) is 7.00. The molecule has 40 heavy (non-hydrogen) atoms. The van der Waals surface area contributed by atoms with Crippen LogP contribution in [0.1, 0.15) is 67.2 Å². The van der Waals surface area contributed by atoms with Crippen LogP contribution < -0.4 is 5.32 Å². The molecule has 0 aliphatic carbocycles. The van der Waals surface area contributed by atoms with E-state index in [1.54, 1.807) is 33.7 Å². The van der Waals surface area contributed by atoms with E-state index in [0.717, 1.165) is 36.8 Å². The number of hydrogen-bond donors (Lipinski definition) is 1. The Balaban J connectivity index is 1.46. The number of fused-ring (bicyclic) bond motifs is 1. The number of likely N-dealkylation sites (tertiary alicyclic amines) is 1. The first-order chi connectivity index (χ1) is 18.8. The normalized spacial score (nSPS) is 14.7. The molecule has 1 saturated heterocycles. The van der Waals surface area contributed by atoms with Gasteiger partial charge in [-0.3, -0.25) is 4.79 Å². The van der Waals surface area contributed by atoms with E-state index in [2.05, 4.69) is 11.4 Å². The third-order valence-corrected chi connectivity index (χ3v) is 7.00. The Morgan fingerprint density at radius 1 is 1.05 bits per heavy atom. The van der Waals surface area contributed by atoms with Crippen LogP contribution in [0.15, 0.2) is 48.5 Å². The molecule has 0 spiro atoms. The maximum atomic E-state index is 13.7. The molecule has 0 atom stereocenters. The average Bonchev–Trinajstić information content (AvgIpc) is 3.24. The van der Waals surface area contributed by atoms with Gasteiger partial charge in [-0.2, -0.15) is 18.4 Å². The van der Waals surface area contributed by atoms with Gasteiger partial charge in [-0.05, 0) is 81.8 Å². The van der Waals surface area contributed by atoms with Gasteiger partial charge in [0.25, 0.3) is 5.91 Å². The smallest absolute Gasteiger partial charge is 0.416 e. The van der Waals surface area contributed by atoms with E-state index in [1.807, 2.05) is 20.8 Å². The number of nitrogens with zero attached hydrogens (tertiary/aromatic N) is 3. The number of aromatic nitrogens is 1. The molecule has 1 aliphatic heterocycles. The largest absolute Gasteiger partial charge is 0.444 e. The second kappa shape index (κ2) is 11.6. The Labute approximate surface area is 231 Å². The maximum absolute atomic E-state index is 13.7. The number of carbonyl (C=O) groups is 2. The molecule has 1 N–H and O–H groups in total. The molecule has 4 rings (SSSR count). The highest BCUT2D eigenvalue weighted by Gasteiger charge is 2.30. The second-order valence-electron chi connectivity index (χ2n) is 11.1. The minimum atomic E-state index is -4.43. The molecule has 10 heteroatoms. The Bertz CT molecular complexity index is 1410. The molecule has 0 bridgehead atoms. The highest BCUT2D eigenvalue weighted by molar-refractivity contribution is 5.99. The van der Waals surface area contributed by atoms with Gasteiger partial charge in [0.15, 0.2) is 0 Å². The van der Waals surface area contributed by atoms with Crippen LogP contribution >= 0.6 is 0 Å². The Kier molecular flexibility index (Phi) is 8.43. The van der Waals surface area contributed by atoms with Crippen LogP contribution in [0, 0.1) is 17.2 Å². The quantitative estimate of drug-likeness (QED) is 0.385. The topological polar surface area (TPSA) is 87.4 Å². The number of halogens is 3. The van der Waals surface area contributed by atoms with Crippen molar-refractivity contribution in [2.45, 2.75) is 58.4 Å². The minimum Gasteiger partial charge on any atom is -0.444 e. The molecule has 3 aromatic rings. The van der Waals surface area contributed by atoms with Gasteiger partial charge in [-0.1, -0.05) is 18.2 Å². The standard InChI is InChI=1S/C30H33F3N4O3/c1-29(2,3)40-28(39)35-13-10-20-11-14-36(15-12-20)27(38)26-17-23-7-4-22(18-34)16-25(23)37(26)19-21-5-8-24(9-6-21)30(31,32)33/h4-9,16-17,20H,10-15,19H2,1-3H3,(H,35,39). The molecule has 2 amide bonds. The molecule has 0 unspecified atom stereocenters. The van der Waals surface area contributed by atoms with Gasteiger partial charge in [0.05, 0.1) is 22.7 Å². The summed E-state index contributed by atoms with van der Waals surface area (Å²) in [6.07, 6.45) is -2.51. The second-order valence-corrected chi connectivity index (χ2v) is 11.1. The number of carbonyl (C=O) groups excluding carboxylic acids is 2. The summed E-state index contributed by atoms with van der Waals surface area (Å²) < 4.78 is 46.2. The van der Waals surface area contributed by atoms with Gasteiger partial charge in [0, 0.05) is 31.6 Å². The fourth-order valence-corrected chi connectivity index (χ4v) is 4.93. The lowest BCUT2D eigenvalue weighted by atomic mass is 9.93. The number of nitrogens with one attached hydrogen (secondary N) is 1. The van der Waals surface area contributed by atoms with Crippen molar-refractivity contribution in [3.63, 3.8) is 0 Å². The first-order valence-electron chi connectivity index (χ1n) is 13.3. The summed E-state index contributed by atoms with van der Waals surface area (Å²) in [4.78, 5) is 27.4. The van der Waals surface area contributed by atoms with Crippen molar-refractivity contribution in [3.05, 3.63) is 70.9 Å². The number of alkyl halides is 3. The molecule has 0 saturated carbocycles. The summed E-state index contributed by atoms with van der Waals surface area (Å²) in [5, 5.41) is 13.0. The molecule has 7 nitrogen and oxygen atoms in total. The van der Waals surface area contributed by atoms with E-state index < -0.39 is 23.4 Å². The van der Waals surface area contributed by atoms with Crippen molar-refractivity contribution in [2.24, 2.45) is 5.92 Å². The van der Waals surface area contributed by atoms with Crippen LogP contribution in [0.25, 0.3) is 10.9 Å². The molecule has 1 aromatic heterocycles. The van der Waals surface area contributed by atoms with Crippen molar-refractivity contribution in [3.8, 4) is 6.07 Å². The van der Waals surface area contributed by atoms with Crippen molar-refractivity contribution in [1.82, 2.24) is 14.8 Å². The predicted molar refractivity (Wildman–Crippen MR) is 145 cm³/mol. The summed E-state index contributed by atoms with van der Waals surface area (Å²) in [5.41, 5.74) is 0.847. The van der Waals surface area contributed by atoms with Crippen LogP contribution in [0.5, 0.6) is 0 Å². The lowest BCUT2D eigenvalue weighted by molar-refractivity contribution is -0.137. The van der Waals surface area contributed by atoms with Gasteiger partial charge in [0.2, 0.25) is 0 Å². The number of benzene rings is 2.